The third-order valence-electron chi connectivity index (χ3n) is 0.848. The molecule has 0 N–H and O–H groups in total. The van der Waals surface area contributed by atoms with E-state index in [1.165, 1.54) is 0 Å². The molecule has 0 amide bonds. The molecule has 0 fully saturated rings. The van der Waals surface area contributed by atoms with Gasteiger partial charge in [0.15, 0.2) is 0 Å². The third-order valence-corrected chi connectivity index (χ3v) is 3.37. The molecule has 1 unspecified atom stereocenters. The second kappa shape index (κ2) is 4.36. The van der Waals surface area contributed by atoms with Gasteiger partial charge in [-0.3, -0.25) is 0 Å². The summed E-state index contributed by atoms with van der Waals surface area (Å²) in [6, 6.07) is 0. The van der Waals surface area contributed by atoms with Crippen LogP contribution < -0.4 is 0 Å². The van der Waals surface area contributed by atoms with Gasteiger partial charge < -0.3 is 0 Å². The predicted molar refractivity (Wildman–Crippen MR) is 36.7 cm³/mol. The van der Waals surface area contributed by atoms with Crippen LogP contribution in [0.4, 0.5) is 0 Å². The van der Waals surface area contributed by atoms with Gasteiger partial charge in [-0.15, -0.1) is 0 Å². The molecule has 1 nitrogen and oxygen atoms in total. The fourth-order valence-corrected chi connectivity index (χ4v) is 2.24. The van der Waals surface area contributed by atoms with Crippen LogP contribution in [0, 0.1) is 0 Å². The van der Waals surface area contributed by atoms with Crippen molar-refractivity contribution in [3.8, 4) is 0 Å². The Hall–Kier alpha value is 0.475. The molecule has 1 heterocycles. The molecule has 0 aromatic heterocycles. The van der Waals surface area contributed by atoms with Gasteiger partial charge in [0, 0.05) is 19.8 Å². The monoisotopic (exact) mass is 227 g/mol. The molecule has 1 rings (SSSR count). The van der Waals surface area contributed by atoms with Crippen molar-refractivity contribution in [1.29, 1.82) is 0 Å². The maximum absolute atomic E-state index is 10.6. The van der Waals surface area contributed by atoms with Gasteiger partial charge >= 0.3 is 46.6 Å². The number of hydrogen-bond acceptors (Lipinski definition) is 1. The van der Waals surface area contributed by atoms with E-state index >= 15 is 0 Å². The summed E-state index contributed by atoms with van der Waals surface area (Å²) in [7, 11) is 0. The molecule has 3 radical (unpaired) electrons. The number of hydrogen-bond donors (Lipinski definition) is 0. The average Bonchev–Trinajstić information content (AvgIpc) is 1.69. The first-order valence-electron chi connectivity index (χ1n) is 2.25. The standard InChI is InChI=1S/C5H7AsO.Ga/c7-6-4-2-1-3-5-6;/h1-4,6H,5H2;. The van der Waals surface area contributed by atoms with Gasteiger partial charge in [0.05, 0.1) is 0 Å². The Kier molecular flexibility index (Phi) is 4.62. The first-order chi connectivity index (χ1) is 3.39. The number of rotatable bonds is 0. The van der Waals surface area contributed by atoms with Crippen molar-refractivity contribution < 1.29 is 3.74 Å². The maximum Gasteiger partial charge on any atom is 0 e. The Morgan fingerprint density at radius 2 is 2.12 bits per heavy atom. The van der Waals surface area contributed by atoms with Crippen molar-refractivity contribution in [3.63, 3.8) is 0 Å². The van der Waals surface area contributed by atoms with Crippen molar-refractivity contribution in [1.82, 2.24) is 0 Å². The van der Waals surface area contributed by atoms with Crippen LogP contribution >= 0.6 is 0 Å². The zero-order valence-electron chi connectivity index (χ0n) is 4.50. The Morgan fingerprint density at radius 1 is 1.38 bits per heavy atom. The number of allylic oxidation sites excluding steroid dienone is 3. The van der Waals surface area contributed by atoms with E-state index in [9.17, 15) is 3.74 Å². The Bertz CT molecular complexity index is 139. The molecule has 0 aromatic carbocycles. The van der Waals surface area contributed by atoms with Crippen LogP contribution in [0.3, 0.4) is 0 Å². The fourth-order valence-electron chi connectivity index (χ4n) is 0.494. The molecule has 0 bridgehead atoms. The van der Waals surface area contributed by atoms with E-state index in [0.717, 1.165) is 5.21 Å². The molecule has 0 spiro atoms. The molecule has 8 heavy (non-hydrogen) atoms. The second-order valence-corrected chi connectivity index (χ2v) is 4.97. The van der Waals surface area contributed by atoms with Crippen molar-refractivity contribution in [2.45, 2.75) is 5.21 Å². The van der Waals surface area contributed by atoms with Crippen LogP contribution in [0.25, 0.3) is 0 Å². The van der Waals surface area contributed by atoms with Gasteiger partial charge in [-0.25, -0.2) is 0 Å². The van der Waals surface area contributed by atoms with Crippen LogP contribution in [-0.4, -0.2) is 34.4 Å². The molecule has 3 heteroatoms. The first kappa shape index (κ1) is 8.47. The van der Waals surface area contributed by atoms with E-state index < -0.39 is 14.6 Å². The molecule has 0 aromatic rings. The van der Waals surface area contributed by atoms with Gasteiger partial charge in [0.25, 0.3) is 0 Å². The van der Waals surface area contributed by atoms with Crippen LogP contribution in [0.15, 0.2) is 23.1 Å². The van der Waals surface area contributed by atoms with E-state index in [0.29, 0.717) is 0 Å². The topological polar surface area (TPSA) is 17.1 Å². The van der Waals surface area contributed by atoms with Crippen molar-refractivity contribution in [2.24, 2.45) is 0 Å². The molecule has 0 saturated heterocycles. The normalized spacial score (nSPS) is 24.8. The average molecular weight is 228 g/mol. The van der Waals surface area contributed by atoms with Crippen LogP contribution in [0.5, 0.6) is 0 Å². The van der Waals surface area contributed by atoms with Crippen LogP contribution in [-0.2, 0) is 3.74 Å². The molecule has 1 aliphatic heterocycles. The molecule has 0 saturated carbocycles. The second-order valence-electron chi connectivity index (χ2n) is 1.46. The summed E-state index contributed by atoms with van der Waals surface area (Å²) in [4.78, 5) is 1.83. The SMILES string of the molecule is O=[AsH]1C=CC=CC1.[Ga]. The summed E-state index contributed by atoms with van der Waals surface area (Å²) in [5, 5.41) is 0.830. The van der Waals surface area contributed by atoms with Crippen molar-refractivity contribution in [3.05, 3.63) is 23.1 Å². The van der Waals surface area contributed by atoms with E-state index in [4.69, 9.17) is 0 Å². The van der Waals surface area contributed by atoms with Crippen LogP contribution in [0.1, 0.15) is 0 Å². The fraction of sp³-hybridized carbons (Fsp3) is 0.200. The van der Waals surface area contributed by atoms with Gasteiger partial charge in [-0.1, -0.05) is 0 Å². The largest absolute Gasteiger partial charge is 0 e. The van der Waals surface area contributed by atoms with E-state index in [1.807, 2.05) is 23.1 Å². The molecule has 0 aliphatic carbocycles. The molecule has 41 valence electrons. The molecular weight excluding hydrogens is 221 g/mol. The molecule has 1 atom stereocenters. The summed E-state index contributed by atoms with van der Waals surface area (Å²) in [6.07, 6.45) is 5.77. The molecule has 1 aliphatic rings. The van der Waals surface area contributed by atoms with E-state index in [2.05, 4.69) is 0 Å². The first-order valence-corrected chi connectivity index (χ1v) is 5.81. The van der Waals surface area contributed by atoms with Gasteiger partial charge in [-0.05, 0) is 0 Å². The molecular formula is C5H7AsGaO. The van der Waals surface area contributed by atoms with Gasteiger partial charge in [0.1, 0.15) is 0 Å². The summed E-state index contributed by atoms with van der Waals surface area (Å²) in [5.74, 6) is 0. The Labute approximate surface area is 66.4 Å². The van der Waals surface area contributed by atoms with Crippen molar-refractivity contribution >= 4 is 34.4 Å². The summed E-state index contributed by atoms with van der Waals surface area (Å²) in [6.45, 7) is 0. The maximum atomic E-state index is 10.6. The summed E-state index contributed by atoms with van der Waals surface area (Å²) in [5.41, 5.74) is 0. The van der Waals surface area contributed by atoms with E-state index in [-0.39, 0.29) is 19.8 Å². The minimum atomic E-state index is -1.84. The minimum absolute atomic E-state index is 0. The minimum Gasteiger partial charge on any atom is 0 e. The van der Waals surface area contributed by atoms with Crippen LogP contribution in [0.2, 0.25) is 5.21 Å². The summed E-state index contributed by atoms with van der Waals surface area (Å²) >= 11 is -1.84. The van der Waals surface area contributed by atoms with Gasteiger partial charge in [0.2, 0.25) is 0 Å². The summed E-state index contributed by atoms with van der Waals surface area (Å²) < 4.78 is 10.6. The zero-order chi connectivity index (χ0) is 5.11. The quantitative estimate of drug-likeness (QED) is 0.549. The third kappa shape index (κ3) is 2.70. The van der Waals surface area contributed by atoms with Gasteiger partial charge in [-0.2, -0.15) is 0 Å². The smallest absolute Gasteiger partial charge is 0 e. The Balaban J connectivity index is 0.000000490. The van der Waals surface area contributed by atoms with E-state index in [1.54, 1.807) is 0 Å². The van der Waals surface area contributed by atoms with Crippen molar-refractivity contribution in [2.75, 3.05) is 0 Å². The Morgan fingerprint density at radius 3 is 2.38 bits per heavy atom. The predicted octanol–water partition coefficient (Wildman–Crippen LogP) is 0.425. The zero-order valence-corrected chi connectivity index (χ0v) is 9.02.